The summed E-state index contributed by atoms with van der Waals surface area (Å²) in [6.07, 6.45) is 0.592. The molecule has 78 valence electrons. The van der Waals surface area contributed by atoms with E-state index in [0.29, 0.717) is 12.1 Å². The van der Waals surface area contributed by atoms with Crippen molar-refractivity contribution in [1.82, 2.24) is 0 Å². The highest BCUT2D eigenvalue weighted by atomic mass is 79.9. The quantitative estimate of drug-likeness (QED) is 0.862. The summed E-state index contributed by atoms with van der Waals surface area (Å²) in [5.41, 5.74) is 5.91. The predicted molar refractivity (Wildman–Crippen MR) is 60.9 cm³/mol. The minimum atomic E-state index is -3.22. The molecule has 0 heterocycles. The first-order valence-corrected chi connectivity index (χ1v) is 6.69. The van der Waals surface area contributed by atoms with Crippen molar-refractivity contribution >= 4 is 31.5 Å². The van der Waals surface area contributed by atoms with Gasteiger partial charge >= 0.3 is 0 Å². The molecule has 5 heteroatoms. The summed E-state index contributed by atoms with van der Waals surface area (Å²) in [4.78, 5) is 0.216. The molecule has 1 aromatic carbocycles. The summed E-state index contributed by atoms with van der Waals surface area (Å²) in [6.45, 7) is 1.83. The first-order valence-electron chi connectivity index (χ1n) is 4.25. The zero-order chi connectivity index (χ0) is 10.8. The van der Waals surface area contributed by atoms with Crippen molar-refractivity contribution in [3.8, 4) is 0 Å². The summed E-state index contributed by atoms with van der Waals surface area (Å²) in [7, 11) is -3.22. The fourth-order valence-electron chi connectivity index (χ4n) is 1.16. The number of benzene rings is 1. The van der Waals surface area contributed by atoms with Crippen molar-refractivity contribution in [1.29, 1.82) is 0 Å². The van der Waals surface area contributed by atoms with Gasteiger partial charge in [-0.3, -0.25) is 0 Å². The van der Waals surface area contributed by atoms with Crippen LogP contribution in [0, 0.1) is 0 Å². The zero-order valence-electron chi connectivity index (χ0n) is 7.83. The molecule has 0 amide bonds. The largest absolute Gasteiger partial charge is 0.398 e. The van der Waals surface area contributed by atoms with Crippen molar-refractivity contribution in [3.63, 3.8) is 0 Å². The summed E-state index contributed by atoms with van der Waals surface area (Å²) < 4.78 is 24.1. The second-order valence-corrected chi connectivity index (χ2v) is 5.99. The maximum absolute atomic E-state index is 11.7. The maximum Gasteiger partial charge on any atom is 0.180 e. The SMILES string of the molecule is CCCS(=O)(=O)c1cc(Br)ccc1N. The van der Waals surface area contributed by atoms with Gasteiger partial charge in [-0.1, -0.05) is 22.9 Å². The molecule has 0 spiro atoms. The molecule has 0 saturated carbocycles. The first-order chi connectivity index (χ1) is 6.47. The number of halogens is 1. The number of nitrogens with two attached hydrogens (primary N) is 1. The molecule has 0 saturated heterocycles. The lowest BCUT2D eigenvalue weighted by atomic mass is 10.3. The molecular formula is C9H12BrNO2S. The Labute approximate surface area is 92.4 Å². The predicted octanol–water partition coefficient (Wildman–Crippen LogP) is 2.22. The van der Waals surface area contributed by atoms with Crippen LogP contribution in [0.4, 0.5) is 5.69 Å². The van der Waals surface area contributed by atoms with Gasteiger partial charge in [0.15, 0.2) is 9.84 Å². The molecule has 0 aliphatic rings. The number of nitrogen functional groups attached to an aromatic ring is 1. The van der Waals surface area contributed by atoms with Gasteiger partial charge in [0.1, 0.15) is 0 Å². The monoisotopic (exact) mass is 277 g/mol. The Kier molecular flexibility index (Phi) is 3.55. The minimum Gasteiger partial charge on any atom is -0.398 e. The lowest BCUT2D eigenvalue weighted by Crippen LogP contribution is -2.08. The summed E-state index contributed by atoms with van der Waals surface area (Å²) in [5, 5.41) is 0. The molecule has 0 unspecified atom stereocenters. The molecule has 14 heavy (non-hydrogen) atoms. The van der Waals surface area contributed by atoms with E-state index in [-0.39, 0.29) is 10.6 Å². The molecule has 2 N–H and O–H groups in total. The van der Waals surface area contributed by atoms with E-state index in [1.807, 2.05) is 6.92 Å². The average Bonchev–Trinajstić information content (AvgIpc) is 2.09. The van der Waals surface area contributed by atoms with Crippen LogP contribution in [0.3, 0.4) is 0 Å². The van der Waals surface area contributed by atoms with Gasteiger partial charge in [-0.25, -0.2) is 8.42 Å². The van der Waals surface area contributed by atoms with E-state index in [1.54, 1.807) is 18.2 Å². The summed E-state index contributed by atoms with van der Waals surface area (Å²) >= 11 is 3.22. The van der Waals surface area contributed by atoms with Crippen LogP contribution in [0.5, 0.6) is 0 Å². The molecule has 0 radical (unpaired) electrons. The summed E-state index contributed by atoms with van der Waals surface area (Å²) in [5.74, 6) is 0.133. The van der Waals surface area contributed by atoms with Gasteiger partial charge in [-0.15, -0.1) is 0 Å². The van der Waals surface area contributed by atoms with Crippen molar-refractivity contribution in [2.24, 2.45) is 0 Å². The van der Waals surface area contributed by atoms with Crippen molar-refractivity contribution < 1.29 is 8.42 Å². The Morgan fingerprint density at radius 1 is 1.43 bits per heavy atom. The molecule has 3 nitrogen and oxygen atoms in total. The van der Waals surface area contributed by atoms with Gasteiger partial charge < -0.3 is 5.73 Å². The third-order valence-electron chi connectivity index (χ3n) is 1.78. The van der Waals surface area contributed by atoms with E-state index in [0.717, 1.165) is 4.47 Å². The molecule has 0 bridgehead atoms. The highest BCUT2D eigenvalue weighted by molar-refractivity contribution is 9.10. The van der Waals surface area contributed by atoms with Crippen molar-refractivity contribution in [2.45, 2.75) is 18.2 Å². The number of hydrogen-bond donors (Lipinski definition) is 1. The minimum absolute atomic E-state index is 0.133. The van der Waals surface area contributed by atoms with Crippen LogP contribution in [-0.4, -0.2) is 14.2 Å². The topological polar surface area (TPSA) is 60.2 Å². The standard InChI is InChI=1S/C9H12BrNO2S/c1-2-5-14(12,13)9-6-7(10)3-4-8(9)11/h3-4,6H,2,5,11H2,1H3. The highest BCUT2D eigenvalue weighted by Crippen LogP contribution is 2.24. The third kappa shape index (κ3) is 2.48. The van der Waals surface area contributed by atoms with Gasteiger partial charge in [0.05, 0.1) is 16.3 Å². The van der Waals surface area contributed by atoms with Gasteiger partial charge in [-0.05, 0) is 24.6 Å². The molecular weight excluding hydrogens is 266 g/mol. The van der Waals surface area contributed by atoms with Gasteiger partial charge in [0.25, 0.3) is 0 Å². The van der Waals surface area contributed by atoms with Gasteiger partial charge in [0.2, 0.25) is 0 Å². The molecule has 0 fully saturated rings. The molecule has 1 aromatic rings. The lowest BCUT2D eigenvalue weighted by Gasteiger charge is -2.06. The number of sulfone groups is 1. The normalized spacial score (nSPS) is 11.6. The Bertz CT molecular complexity index is 428. The van der Waals surface area contributed by atoms with Crippen LogP contribution in [0.2, 0.25) is 0 Å². The Morgan fingerprint density at radius 3 is 2.64 bits per heavy atom. The van der Waals surface area contributed by atoms with Crippen LogP contribution < -0.4 is 5.73 Å². The number of anilines is 1. The second-order valence-electron chi connectivity index (χ2n) is 3.00. The molecule has 0 atom stereocenters. The van der Waals surface area contributed by atoms with Crippen LogP contribution in [0.1, 0.15) is 13.3 Å². The van der Waals surface area contributed by atoms with E-state index >= 15 is 0 Å². The van der Waals surface area contributed by atoms with Crippen molar-refractivity contribution in [3.05, 3.63) is 22.7 Å². The molecule has 0 aromatic heterocycles. The fraction of sp³-hybridized carbons (Fsp3) is 0.333. The van der Waals surface area contributed by atoms with E-state index in [2.05, 4.69) is 15.9 Å². The number of hydrogen-bond acceptors (Lipinski definition) is 3. The van der Waals surface area contributed by atoms with Crippen LogP contribution in [0.15, 0.2) is 27.6 Å². The van der Waals surface area contributed by atoms with E-state index in [9.17, 15) is 8.42 Å². The Hall–Kier alpha value is -0.550. The lowest BCUT2D eigenvalue weighted by molar-refractivity contribution is 0.595. The van der Waals surface area contributed by atoms with Gasteiger partial charge in [-0.2, -0.15) is 0 Å². The second kappa shape index (κ2) is 4.31. The molecule has 0 aliphatic heterocycles. The van der Waals surface area contributed by atoms with Crippen LogP contribution in [0.25, 0.3) is 0 Å². The average molecular weight is 278 g/mol. The van der Waals surface area contributed by atoms with E-state index in [4.69, 9.17) is 5.73 Å². The Morgan fingerprint density at radius 2 is 2.07 bits per heavy atom. The molecule has 0 aliphatic carbocycles. The van der Waals surface area contributed by atoms with E-state index < -0.39 is 9.84 Å². The van der Waals surface area contributed by atoms with E-state index in [1.165, 1.54) is 0 Å². The zero-order valence-corrected chi connectivity index (χ0v) is 10.2. The van der Waals surface area contributed by atoms with Gasteiger partial charge in [0, 0.05) is 4.47 Å². The van der Waals surface area contributed by atoms with Crippen LogP contribution in [-0.2, 0) is 9.84 Å². The number of rotatable bonds is 3. The third-order valence-corrected chi connectivity index (χ3v) is 4.25. The maximum atomic E-state index is 11.7. The van der Waals surface area contributed by atoms with Crippen LogP contribution >= 0.6 is 15.9 Å². The first kappa shape index (κ1) is 11.5. The highest BCUT2D eigenvalue weighted by Gasteiger charge is 2.16. The smallest absolute Gasteiger partial charge is 0.180 e. The molecule has 1 rings (SSSR count). The van der Waals surface area contributed by atoms with Crippen molar-refractivity contribution in [2.75, 3.05) is 11.5 Å². The summed E-state index contributed by atoms with van der Waals surface area (Å²) in [6, 6.07) is 4.85. The Balaban J connectivity index is 3.25. The fourth-order valence-corrected chi connectivity index (χ4v) is 3.16.